The largest absolute Gasteiger partial charge is 0.393 e. The van der Waals surface area contributed by atoms with E-state index in [4.69, 9.17) is 0 Å². The maximum atomic E-state index is 13.4. The van der Waals surface area contributed by atoms with Gasteiger partial charge in [0, 0.05) is 6.54 Å². The molecule has 0 spiro atoms. The topological polar surface area (TPSA) is 49.3 Å². The van der Waals surface area contributed by atoms with Crippen LogP contribution in [0.15, 0.2) is 12.1 Å². The first-order valence-electron chi connectivity index (χ1n) is 6.58. The van der Waals surface area contributed by atoms with Crippen LogP contribution in [0, 0.1) is 23.4 Å². The number of amides is 1. The van der Waals surface area contributed by atoms with Gasteiger partial charge >= 0.3 is 0 Å². The lowest BCUT2D eigenvalue weighted by Crippen LogP contribution is -2.32. The van der Waals surface area contributed by atoms with Crippen LogP contribution in [0.1, 0.15) is 36.0 Å². The molecule has 0 atom stereocenters. The van der Waals surface area contributed by atoms with Crippen molar-refractivity contribution in [1.29, 1.82) is 0 Å². The van der Waals surface area contributed by atoms with Gasteiger partial charge in [0.25, 0.3) is 5.91 Å². The molecule has 0 bridgehead atoms. The van der Waals surface area contributed by atoms with Crippen molar-refractivity contribution in [2.24, 2.45) is 5.92 Å². The fourth-order valence-corrected chi connectivity index (χ4v) is 2.38. The van der Waals surface area contributed by atoms with E-state index in [2.05, 4.69) is 5.32 Å². The molecule has 110 valence electrons. The van der Waals surface area contributed by atoms with E-state index in [1.807, 2.05) is 0 Å². The highest BCUT2D eigenvalue weighted by Gasteiger charge is 2.22. The quantitative estimate of drug-likeness (QED) is 0.839. The van der Waals surface area contributed by atoms with Gasteiger partial charge in [0.05, 0.1) is 11.7 Å². The van der Waals surface area contributed by atoms with Crippen molar-refractivity contribution >= 4 is 5.91 Å². The van der Waals surface area contributed by atoms with Gasteiger partial charge in [0.15, 0.2) is 17.5 Å². The predicted molar refractivity (Wildman–Crippen MR) is 66.6 cm³/mol. The zero-order valence-corrected chi connectivity index (χ0v) is 10.8. The van der Waals surface area contributed by atoms with E-state index in [1.54, 1.807) is 0 Å². The van der Waals surface area contributed by atoms with E-state index in [0.29, 0.717) is 19.4 Å². The number of nitrogens with one attached hydrogen (secondary N) is 1. The molecule has 0 aliphatic heterocycles. The molecule has 6 heteroatoms. The Labute approximate surface area is 114 Å². The second kappa shape index (κ2) is 6.26. The molecule has 0 saturated heterocycles. The summed E-state index contributed by atoms with van der Waals surface area (Å²) >= 11 is 0. The van der Waals surface area contributed by atoms with E-state index >= 15 is 0 Å². The summed E-state index contributed by atoms with van der Waals surface area (Å²) in [4.78, 5) is 11.7. The molecule has 3 nitrogen and oxygen atoms in total. The molecule has 1 amide bonds. The maximum Gasteiger partial charge on any atom is 0.254 e. The van der Waals surface area contributed by atoms with Crippen LogP contribution in [0.2, 0.25) is 0 Å². The van der Waals surface area contributed by atoms with Gasteiger partial charge in [-0.2, -0.15) is 0 Å². The van der Waals surface area contributed by atoms with Crippen molar-refractivity contribution < 1.29 is 23.1 Å². The summed E-state index contributed by atoms with van der Waals surface area (Å²) in [6, 6.07) is 1.65. The van der Waals surface area contributed by atoms with Crippen molar-refractivity contribution in [3.05, 3.63) is 35.1 Å². The third kappa shape index (κ3) is 3.30. The lowest BCUT2D eigenvalue weighted by molar-refractivity contribution is 0.0905. The molecule has 0 heterocycles. The predicted octanol–water partition coefficient (Wildman–Crippen LogP) is 2.38. The smallest absolute Gasteiger partial charge is 0.254 e. The summed E-state index contributed by atoms with van der Waals surface area (Å²) in [5, 5.41) is 11.9. The minimum atomic E-state index is -1.64. The van der Waals surface area contributed by atoms with E-state index in [9.17, 15) is 23.1 Å². The Morgan fingerprint density at radius 1 is 1.15 bits per heavy atom. The number of rotatable bonds is 3. The second-order valence-electron chi connectivity index (χ2n) is 5.11. The summed E-state index contributed by atoms with van der Waals surface area (Å²) in [7, 11) is 0. The number of hydrogen-bond donors (Lipinski definition) is 2. The van der Waals surface area contributed by atoms with Gasteiger partial charge in [-0.15, -0.1) is 0 Å². The van der Waals surface area contributed by atoms with Crippen molar-refractivity contribution in [2.75, 3.05) is 6.54 Å². The number of halogens is 3. The molecule has 2 rings (SSSR count). The Bertz CT molecular complexity index is 499. The summed E-state index contributed by atoms with van der Waals surface area (Å²) in [5.74, 6) is -4.97. The number of aliphatic hydroxyl groups is 1. The van der Waals surface area contributed by atoms with Crippen LogP contribution in [-0.2, 0) is 0 Å². The molecule has 20 heavy (non-hydrogen) atoms. The molecular weight excluding hydrogens is 271 g/mol. The molecule has 0 radical (unpaired) electrons. The molecule has 1 saturated carbocycles. The van der Waals surface area contributed by atoms with Crippen LogP contribution in [0.4, 0.5) is 13.2 Å². The molecule has 0 aromatic heterocycles. The molecule has 2 N–H and O–H groups in total. The van der Waals surface area contributed by atoms with Gasteiger partial charge in [-0.05, 0) is 43.7 Å². The third-order valence-electron chi connectivity index (χ3n) is 3.65. The van der Waals surface area contributed by atoms with Crippen molar-refractivity contribution in [3.63, 3.8) is 0 Å². The molecule has 1 fully saturated rings. The summed E-state index contributed by atoms with van der Waals surface area (Å²) < 4.78 is 39.2. The van der Waals surface area contributed by atoms with E-state index in [-0.39, 0.29) is 12.0 Å². The van der Waals surface area contributed by atoms with Gasteiger partial charge in [-0.25, -0.2) is 13.2 Å². The number of carbonyl (C=O) groups excluding carboxylic acids is 1. The van der Waals surface area contributed by atoms with Gasteiger partial charge in [-0.3, -0.25) is 4.79 Å². The zero-order valence-electron chi connectivity index (χ0n) is 10.8. The molecular formula is C14H16F3NO2. The Balaban J connectivity index is 1.94. The van der Waals surface area contributed by atoms with Crippen LogP contribution in [-0.4, -0.2) is 23.7 Å². The van der Waals surface area contributed by atoms with Crippen LogP contribution in [0.5, 0.6) is 0 Å². The minimum Gasteiger partial charge on any atom is -0.393 e. The SMILES string of the molecule is O=C(NCC1CCC(O)CC1)c1ccc(F)c(F)c1F. The lowest BCUT2D eigenvalue weighted by atomic mass is 9.87. The van der Waals surface area contributed by atoms with E-state index in [1.165, 1.54) is 0 Å². The Kier molecular flexibility index (Phi) is 4.65. The molecule has 1 aliphatic carbocycles. The fourth-order valence-electron chi connectivity index (χ4n) is 2.38. The second-order valence-corrected chi connectivity index (χ2v) is 5.11. The number of aliphatic hydroxyl groups excluding tert-OH is 1. The maximum absolute atomic E-state index is 13.4. The lowest BCUT2D eigenvalue weighted by Gasteiger charge is -2.25. The number of carbonyl (C=O) groups is 1. The highest BCUT2D eigenvalue weighted by atomic mass is 19.2. The Morgan fingerprint density at radius 3 is 2.45 bits per heavy atom. The van der Waals surface area contributed by atoms with Gasteiger partial charge in [0.1, 0.15) is 0 Å². The highest BCUT2D eigenvalue weighted by molar-refractivity contribution is 5.94. The summed E-state index contributed by atoms with van der Waals surface area (Å²) in [5.41, 5.74) is -0.500. The van der Waals surface area contributed by atoms with Crippen molar-refractivity contribution in [3.8, 4) is 0 Å². The fraction of sp³-hybridized carbons (Fsp3) is 0.500. The third-order valence-corrected chi connectivity index (χ3v) is 3.65. The van der Waals surface area contributed by atoms with E-state index in [0.717, 1.165) is 25.0 Å². The van der Waals surface area contributed by atoms with Crippen LogP contribution in [0.25, 0.3) is 0 Å². The van der Waals surface area contributed by atoms with Crippen molar-refractivity contribution in [2.45, 2.75) is 31.8 Å². The Morgan fingerprint density at radius 2 is 1.80 bits per heavy atom. The van der Waals surface area contributed by atoms with E-state index < -0.39 is 28.9 Å². The normalized spacial score (nSPS) is 22.6. The van der Waals surface area contributed by atoms with Gasteiger partial charge < -0.3 is 10.4 Å². The minimum absolute atomic E-state index is 0.218. The van der Waals surface area contributed by atoms with Crippen LogP contribution in [0.3, 0.4) is 0 Å². The van der Waals surface area contributed by atoms with Gasteiger partial charge in [-0.1, -0.05) is 0 Å². The molecule has 1 aliphatic rings. The first kappa shape index (κ1) is 14.8. The van der Waals surface area contributed by atoms with Gasteiger partial charge in [0.2, 0.25) is 0 Å². The molecule has 0 unspecified atom stereocenters. The number of hydrogen-bond acceptors (Lipinski definition) is 2. The average Bonchev–Trinajstić information content (AvgIpc) is 2.44. The first-order valence-corrected chi connectivity index (χ1v) is 6.58. The molecule has 1 aromatic carbocycles. The van der Waals surface area contributed by atoms with Crippen molar-refractivity contribution in [1.82, 2.24) is 5.32 Å². The summed E-state index contributed by atoms with van der Waals surface area (Å²) in [6.07, 6.45) is 2.63. The standard InChI is InChI=1S/C14H16F3NO2/c15-11-6-5-10(12(16)13(11)17)14(20)18-7-8-1-3-9(19)4-2-8/h5-6,8-9,19H,1-4,7H2,(H,18,20). The number of benzene rings is 1. The van der Waals surface area contributed by atoms with Crippen LogP contribution >= 0.6 is 0 Å². The summed E-state index contributed by atoms with van der Waals surface area (Å²) in [6.45, 7) is 0.337. The average molecular weight is 287 g/mol. The van der Waals surface area contributed by atoms with Crippen LogP contribution < -0.4 is 5.32 Å². The highest BCUT2D eigenvalue weighted by Crippen LogP contribution is 2.23. The zero-order chi connectivity index (χ0) is 14.7. The monoisotopic (exact) mass is 287 g/mol. The Hall–Kier alpha value is -1.56. The first-order chi connectivity index (χ1) is 9.49. The molecule has 1 aromatic rings.